The van der Waals surface area contributed by atoms with E-state index in [-0.39, 0.29) is 30.7 Å². The summed E-state index contributed by atoms with van der Waals surface area (Å²) >= 11 is 0. The minimum Gasteiger partial charge on any atom is -0.497 e. The molecule has 2 aliphatic rings. The van der Waals surface area contributed by atoms with Crippen LogP contribution in [0.15, 0.2) is 28.8 Å². The Morgan fingerprint density at radius 1 is 1.38 bits per heavy atom. The van der Waals surface area contributed by atoms with Crippen LogP contribution < -0.4 is 4.74 Å². The van der Waals surface area contributed by atoms with Crippen LogP contribution in [0.4, 0.5) is 4.39 Å². The molecule has 2 fully saturated rings. The van der Waals surface area contributed by atoms with Crippen molar-refractivity contribution in [3.05, 3.63) is 30.2 Å². The molecule has 1 amide bonds. The third-order valence-corrected chi connectivity index (χ3v) is 4.62. The van der Waals surface area contributed by atoms with Gasteiger partial charge in [0.1, 0.15) is 5.75 Å². The lowest BCUT2D eigenvalue weighted by atomic mass is 10.1. The Labute approximate surface area is 138 Å². The second-order valence-corrected chi connectivity index (χ2v) is 6.40. The van der Waals surface area contributed by atoms with Crippen molar-refractivity contribution in [3.8, 4) is 17.1 Å². The Kier molecular flexibility index (Phi) is 3.51. The van der Waals surface area contributed by atoms with Gasteiger partial charge in [0.15, 0.2) is 0 Å². The third kappa shape index (κ3) is 2.64. The number of carbonyl (C=O) groups is 1. The molecule has 0 spiro atoms. The highest BCUT2D eigenvalue weighted by Crippen LogP contribution is 2.39. The maximum Gasteiger partial charge on any atom is 0.266 e. The first kappa shape index (κ1) is 15.1. The van der Waals surface area contributed by atoms with Gasteiger partial charge in [-0.25, -0.2) is 4.39 Å². The zero-order valence-electron chi connectivity index (χ0n) is 13.4. The van der Waals surface area contributed by atoms with E-state index in [1.807, 2.05) is 0 Å². The summed E-state index contributed by atoms with van der Waals surface area (Å²) in [5.74, 6) is 1.12. The maximum absolute atomic E-state index is 15.2. The number of hydrogen-bond donors (Lipinski definition) is 0. The van der Waals surface area contributed by atoms with Crippen molar-refractivity contribution in [3.63, 3.8) is 0 Å². The van der Waals surface area contributed by atoms with Crippen LogP contribution in [-0.4, -0.2) is 41.1 Å². The Balaban J connectivity index is 1.52. The van der Waals surface area contributed by atoms with Crippen LogP contribution in [0.1, 0.15) is 25.2 Å². The predicted octanol–water partition coefficient (Wildman–Crippen LogP) is 2.55. The summed E-state index contributed by atoms with van der Waals surface area (Å²) in [6.07, 6.45) is 2.02. The maximum atomic E-state index is 15.2. The first-order chi connectivity index (χ1) is 11.6. The number of likely N-dealkylation sites (tertiary alicyclic amines) is 1. The van der Waals surface area contributed by atoms with Gasteiger partial charge in [-0.2, -0.15) is 4.98 Å². The van der Waals surface area contributed by atoms with Crippen molar-refractivity contribution in [2.75, 3.05) is 20.2 Å². The molecule has 1 aliphatic heterocycles. The zero-order valence-corrected chi connectivity index (χ0v) is 13.4. The standard InChI is InChI=1S/C17H18FN3O3/c1-23-13-6-4-11(5-7-13)14-19-16(24-20-14)17(18)8-9-21(10-17)15(22)12-2-3-12/h4-7,12H,2-3,8-10H2,1H3. The SMILES string of the molecule is COc1ccc(-c2noc(C3(F)CCN(C(=O)C4CC4)C3)n2)cc1. The number of hydrogen-bond acceptors (Lipinski definition) is 5. The average Bonchev–Trinajstić information content (AvgIpc) is 3.19. The van der Waals surface area contributed by atoms with Crippen LogP contribution in [0, 0.1) is 5.92 Å². The molecule has 0 bridgehead atoms. The largest absolute Gasteiger partial charge is 0.497 e. The summed E-state index contributed by atoms with van der Waals surface area (Å²) in [6.45, 7) is 0.388. The van der Waals surface area contributed by atoms with Gasteiger partial charge in [0.2, 0.25) is 17.4 Å². The van der Waals surface area contributed by atoms with Gasteiger partial charge in [-0.3, -0.25) is 4.79 Å². The molecular weight excluding hydrogens is 313 g/mol. The minimum absolute atomic E-state index is 0.00736. The molecule has 4 rings (SSSR count). The normalized spacial score (nSPS) is 23.5. The van der Waals surface area contributed by atoms with Crippen LogP contribution in [0.25, 0.3) is 11.4 Å². The molecule has 7 heteroatoms. The lowest BCUT2D eigenvalue weighted by Gasteiger charge is -2.17. The molecule has 6 nitrogen and oxygen atoms in total. The van der Waals surface area contributed by atoms with E-state index in [4.69, 9.17) is 9.26 Å². The molecule has 24 heavy (non-hydrogen) atoms. The van der Waals surface area contributed by atoms with E-state index in [1.54, 1.807) is 36.3 Å². The Hall–Kier alpha value is -2.44. The fraction of sp³-hybridized carbons (Fsp3) is 0.471. The van der Waals surface area contributed by atoms with E-state index in [2.05, 4.69) is 10.1 Å². The summed E-state index contributed by atoms with van der Waals surface area (Å²) in [5.41, 5.74) is -1.04. The van der Waals surface area contributed by atoms with E-state index in [0.29, 0.717) is 12.4 Å². The molecule has 0 radical (unpaired) electrons. The highest BCUT2D eigenvalue weighted by atomic mass is 19.1. The third-order valence-electron chi connectivity index (χ3n) is 4.62. The van der Waals surface area contributed by atoms with Crippen LogP contribution in [-0.2, 0) is 10.5 Å². The molecule has 1 aromatic carbocycles. The van der Waals surface area contributed by atoms with Gasteiger partial charge in [-0.1, -0.05) is 5.16 Å². The van der Waals surface area contributed by atoms with Gasteiger partial charge >= 0.3 is 0 Å². The lowest BCUT2D eigenvalue weighted by Crippen LogP contribution is -2.33. The number of carbonyl (C=O) groups excluding carboxylic acids is 1. The number of nitrogens with zero attached hydrogens (tertiary/aromatic N) is 3. The monoisotopic (exact) mass is 331 g/mol. The van der Waals surface area contributed by atoms with Gasteiger partial charge in [-0.05, 0) is 37.1 Å². The van der Waals surface area contributed by atoms with Gasteiger partial charge < -0.3 is 14.2 Å². The van der Waals surface area contributed by atoms with Crippen LogP contribution in [0.3, 0.4) is 0 Å². The van der Waals surface area contributed by atoms with Gasteiger partial charge in [0.05, 0.1) is 13.7 Å². The number of methoxy groups -OCH3 is 1. The van der Waals surface area contributed by atoms with Crippen molar-refractivity contribution < 1.29 is 18.4 Å². The number of amides is 1. The van der Waals surface area contributed by atoms with E-state index in [0.717, 1.165) is 24.2 Å². The first-order valence-corrected chi connectivity index (χ1v) is 8.05. The van der Waals surface area contributed by atoms with Gasteiger partial charge in [0, 0.05) is 24.4 Å². The van der Waals surface area contributed by atoms with Gasteiger partial charge in [-0.15, -0.1) is 0 Å². The number of aromatic nitrogens is 2. The summed E-state index contributed by atoms with van der Waals surface area (Å²) < 4.78 is 25.4. The average molecular weight is 331 g/mol. The van der Waals surface area contributed by atoms with E-state index < -0.39 is 5.67 Å². The number of rotatable bonds is 4. The number of benzene rings is 1. The van der Waals surface area contributed by atoms with Crippen molar-refractivity contribution in [2.45, 2.75) is 24.9 Å². The molecule has 1 aliphatic carbocycles. The fourth-order valence-corrected chi connectivity index (χ4v) is 2.99. The van der Waals surface area contributed by atoms with Crippen LogP contribution >= 0.6 is 0 Å². The predicted molar refractivity (Wildman–Crippen MR) is 83.0 cm³/mol. The van der Waals surface area contributed by atoms with Gasteiger partial charge in [0.25, 0.3) is 5.89 Å². The second kappa shape index (κ2) is 5.58. The van der Waals surface area contributed by atoms with Crippen molar-refractivity contribution in [1.29, 1.82) is 0 Å². The highest BCUT2D eigenvalue weighted by molar-refractivity contribution is 5.81. The first-order valence-electron chi connectivity index (χ1n) is 8.05. The van der Waals surface area contributed by atoms with Crippen molar-refractivity contribution in [2.24, 2.45) is 5.92 Å². The number of alkyl halides is 1. The lowest BCUT2D eigenvalue weighted by molar-refractivity contribution is -0.132. The van der Waals surface area contributed by atoms with E-state index >= 15 is 4.39 Å². The quantitative estimate of drug-likeness (QED) is 0.861. The summed E-state index contributed by atoms with van der Waals surface area (Å²) in [6, 6.07) is 7.14. The minimum atomic E-state index is -1.76. The summed E-state index contributed by atoms with van der Waals surface area (Å²) in [4.78, 5) is 17.9. The van der Waals surface area contributed by atoms with Crippen molar-refractivity contribution >= 4 is 5.91 Å². The van der Waals surface area contributed by atoms with Crippen molar-refractivity contribution in [1.82, 2.24) is 15.0 Å². The number of halogens is 1. The Morgan fingerprint density at radius 3 is 2.79 bits per heavy atom. The Morgan fingerprint density at radius 2 is 2.12 bits per heavy atom. The molecule has 1 saturated carbocycles. The topological polar surface area (TPSA) is 68.5 Å². The smallest absolute Gasteiger partial charge is 0.266 e. The molecule has 2 heterocycles. The molecule has 2 aromatic rings. The zero-order chi connectivity index (χ0) is 16.7. The summed E-state index contributed by atoms with van der Waals surface area (Å²) in [5, 5.41) is 3.88. The molecule has 1 atom stereocenters. The van der Waals surface area contributed by atoms with Crippen LogP contribution in [0.5, 0.6) is 5.75 Å². The molecule has 0 N–H and O–H groups in total. The highest BCUT2D eigenvalue weighted by Gasteiger charge is 2.48. The molecule has 126 valence electrons. The van der Waals surface area contributed by atoms with E-state index in [1.165, 1.54) is 0 Å². The molecule has 1 saturated heterocycles. The van der Waals surface area contributed by atoms with E-state index in [9.17, 15) is 4.79 Å². The van der Waals surface area contributed by atoms with Crippen LogP contribution in [0.2, 0.25) is 0 Å². The number of ether oxygens (including phenoxy) is 1. The fourth-order valence-electron chi connectivity index (χ4n) is 2.99. The Bertz CT molecular complexity index is 757. The summed E-state index contributed by atoms with van der Waals surface area (Å²) in [7, 11) is 1.59. The molecule has 1 aromatic heterocycles. The second-order valence-electron chi connectivity index (χ2n) is 6.40. The molecule has 1 unspecified atom stereocenters. The molecular formula is C17H18FN3O3.